The maximum atomic E-state index is 2.56. The number of hydrogen-bond acceptors (Lipinski definition) is 0. The molecule has 0 unspecified atom stereocenters. The van der Waals surface area contributed by atoms with Crippen molar-refractivity contribution in [2.45, 2.75) is 5.41 Å². The summed E-state index contributed by atoms with van der Waals surface area (Å²) in [5.74, 6) is 0. The van der Waals surface area contributed by atoms with E-state index in [2.05, 4.69) is 241 Å². The lowest BCUT2D eigenvalue weighted by atomic mass is 9.70. The van der Waals surface area contributed by atoms with Gasteiger partial charge in [-0.1, -0.05) is 194 Å². The van der Waals surface area contributed by atoms with Crippen LogP contribution in [0.1, 0.15) is 22.3 Å². The predicted octanol–water partition coefficient (Wildman–Crippen LogP) is 15.8. The van der Waals surface area contributed by atoms with Crippen LogP contribution in [-0.4, -0.2) is 4.57 Å². The molecular formula is C61H39N. The van der Waals surface area contributed by atoms with Gasteiger partial charge in [0, 0.05) is 22.0 Å². The highest BCUT2D eigenvalue weighted by molar-refractivity contribution is 6.15. The summed E-state index contributed by atoms with van der Waals surface area (Å²) in [5.41, 5.74) is 23.4. The van der Waals surface area contributed by atoms with E-state index < -0.39 is 5.41 Å². The summed E-state index contributed by atoms with van der Waals surface area (Å²) < 4.78 is 2.56. The molecule has 1 heteroatoms. The standard InChI is InChI=1S/C61H39N/c1-4-16-40(17-5-1)43-28-31-48(32-29-43)62-58-35-30-44(47-37-45(41-18-6-2-7-19-41)36-46(38-47)42-20-8-3-9-21-42)39-54(58)53-34-33-52-51-24-12-15-27-57(51)61(59(52)60(53)62)55-25-13-10-22-49(55)50-23-11-14-26-56(50)61/h1-39H. The largest absolute Gasteiger partial charge is 0.309 e. The minimum Gasteiger partial charge on any atom is -0.309 e. The van der Waals surface area contributed by atoms with Gasteiger partial charge in [-0.3, -0.25) is 0 Å². The van der Waals surface area contributed by atoms with Crippen molar-refractivity contribution in [1.29, 1.82) is 0 Å². The number of fused-ring (bicyclic) bond motifs is 14. The molecule has 0 saturated heterocycles. The summed E-state index contributed by atoms with van der Waals surface area (Å²) in [7, 11) is 0. The second-order valence-corrected chi connectivity index (χ2v) is 16.8. The summed E-state index contributed by atoms with van der Waals surface area (Å²) in [6, 6.07) is 87.8. The van der Waals surface area contributed by atoms with Gasteiger partial charge in [-0.15, -0.1) is 0 Å². The van der Waals surface area contributed by atoms with E-state index in [-0.39, 0.29) is 0 Å². The van der Waals surface area contributed by atoms with Crippen molar-refractivity contribution in [1.82, 2.24) is 4.57 Å². The average Bonchev–Trinajstić information content (AvgIpc) is 3.96. The van der Waals surface area contributed by atoms with Crippen molar-refractivity contribution in [2.75, 3.05) is 0 Å². The first kappa shape index (κ1) is 34.8. The number of hydrogen-bond donors (Lipinski definition) is 0. The number of nitrogens with zero attached hydrogens (tertiary/aromatic N) is 1. The van der Waals surface area contributed by atoms with Crippen molar-refractivity contribution < 1.29 is 0 Å². The van der Waals surface area contributed by atoms with Crippen LogP contribution in [0.3, 0.4) is 0 Å². The molecule has 2 aliphatic rings. The molecular weight excluding hydrogens is 747 g/mol. The fraction of sp³-hybridized carbons (Fsp3) is 0.0164. The minimum absolute atomic E-state index is 0.494. The Morgan fingerprint density at radius 1 is 0.274 bits per heavy atom. The van der Waals surface area contributed by atoms with E-state index in [1.54, 1.807) is 0 Å². The Bertz CT molecular complexity index is 3420. The number of rotatable bonds is 5. The van der Waals surface area contributed by atoms with E-state index in [0.29, 0.717) is 0 Å². The van der Waals surface area contributed by atoms with Crippen LogP contribution in [0.5, 0.6) is 0 Å². The van der Waals surface area contributed by atoms with Crippen LogP contribution >= 0.6 is 0 Å². The molecule has 0 aliphatic heterocycles. The molecule has 0 radical (unpaired) electrons. The zero-order valence-corrected chi connectivity index (χ0v) is 34.0. The van der Waals surface area contributed by atoms with Crippen molar-refractivity contribution >= 4 is 21.8 Å². The lowest BCUT2D eigenvalue weighted by molar-refractivity contribution is 0.797. The summed E-state index contributed by atoms with van der Waals surface area (Å²) in [6.45, 7) is 0. The molecule has 10 aromatic carbocycles. The fourth-order valence-electron chi connectivity index (χ4n) is 11.0. The van der Waals surface area contributed by atoms with Gasteiger partial charge >= 0.3 is 0 Å². The number of aromatic nitrogens is 1. The van der Waals surface area contributed by atoms with E-state index >= 15 is 0 Å². The zero-order valence-electron chi connectivity index (χ0n) is 34.0. The topological polar surface area (TPSA) is 4.93 Å². The molecule has 1 heterocycles. The van der Waals surface area contributed by atoms with Crippen LogP contribution in [0.4, 0.5) is 0 Å². The van der Waals surface area contributed by atoms with Gasteiger partial charge < -0.3 is 4.57 Å². The van der Waals surface area contributed by atoms with Crippen LogP contribution in [0.25, 0.3) is 94.3 Å². The molecule has 0 fully saturated rings. The molecule has 1 spiro atoms. The third-order valence-electron chi connectivity index (χ3n) is 13.6. The first-order chi connectivity index (χ1) is 30.8. The third-order valence-corrected chi connectivity index (χ3v) is 13.6. The van der Waals surface area contributed by atoms with Gasteiger partial charge in [0.2, 0.25) is 0 Å². The van der Waals surface area contributed by atoms with Crippen LogP contribution in [0.2, 0.25) is 0 Å². The SMILES string of the molecule is c1ccc(-c2ccc(-n3c4ccc(-c5cc(-c6ccccc6)cc(-c6ccccc6)c5)cc4c4ccc5c(c43)C3(c4ccccc4-c4ccccc43)c3ccccc3-5)cc2)cc1. The molecule has 0 N–H and O–H groups in total. The Morgan fingerprint density at radius 2 is 0.694 bits per heavy atom. The van der Waals surface area contributed by atoms with Gasteiger partial charge in [-0.2, -0.15) is 0 Å². The Balaban J connectivity index is 1.13. The molecule has 62 heavy (non-hydrogen) atoms. The molecule has 13 rings (SSSR count). The van der Waals surface area contributed by atoms with E-state index in [0.717, 1.165) is 5.69 Å². The van der Waals surface area contributed by atoms with Crippen molar-refractivity contribution in [3.8, 4) is 72.4 Å². The summed E-state index contributed by atoms with van der Waals surface area (Å²) in [4.78, 5) is 0. The highest BCUT2D eigenvalue weighted by Gasteiger charge is 2.53. The first-order valence-electron chi connectivity index (χ1n) is 21.6. The van der Waals surface area contributed by atoms with Gasteiger partial charge in [0.1, 0.15) is 0 Å². The minimum atomic E-state index is -0.494. The van der Waals surface area contributed by atoms with Gasteiger partial charge in [0.05, 0.1) is 16.4 Å². The van der Waals surface area contributed by atoms with E-state index in [1.165, 1.54) is 111 Å². The summed E-state index contributed by atoms with van der Waals surface area (Å²) in [5, 5.41) is 2.49. The van der Waals surface area contributed by atoms with E-state index in [4.69, 9.17) is 0 Å². The Kier molecular flexibility index (Phi) is 7.59. The molecule has 0 amide bonds. The van der Waals surface area contributed by atoms with Crippen LogP contribution < -0.4 is 0 Å². The molecule has 288 valence electrons. The number of benzene rings is 10. The molecule has 1 nitrogen and oxygen atoms in total. The molecule has 0 atom stereocenters. The maximum Gasteiger partial charge on any atom is 0.0746 e. The smallest absolute Gasteiger partial charge is 0.0746 e. The average molecular weight is 786 g/mol. The van der Waals surface area contributed by atoms with Gasteiger partial charge in [-0.05, 0) is 126 Å². The lowest BCUT2D eigenvalue weighted by Gasteiger charge is -2.31. The van der Waals surface area contributed by atoms with Crippen molar-refractivity contribution in [2.24, 2.45) is 0 Å². The molecule has 2 aliphatic carbocycles. The quantitative estimate of drug-likeness (QED) is 0.164. The van der Waals surface area contributed by atoms with Crippen LogP contribution in [0.15, 0.2) is 237 Å². The Morgan fingerprint density at radius 3 is 1.23 bits per heavy atom. The monoisotopic (exact) mass is 785 g/mol. The van der Waals surface area contributed by atoms with Crippen molar-refractivity contribution in [3.05, 3.63) is 259 Å². The highest BCUT2D eigenvalue weighted by Crippen LogP contribution is 2.64. The van der Waals surface area contributed by atoms with E-state index in [9.17, 15) is 0 Å². The second-order valence-electron chi connectivity index (χ2n) is 16.8. The first-order valence-corrected chi connectivity index (χ1v) is 21.6. The normalized spacial score (nSPS) is 13.0. The summed E-state index contributed by atoms with van der Waals surface area (Å²) in [6.07, 6.45) is 0. The third kappa shape index (κ3) is 4.97. The fourth-order valence-corrected chi connectivity index (χ4v) is 11.0. The van der Waals surface area contributed by atoms with Gasteiger partial charge in [0.15, 0.2) is 0 Å². The lowest BCUT2D eigenvalue weighted by Crippen LogP contribution is -2.26. The van der Waals surface area contributed by atoms with E-state index in [1.807, 2.05) is 0 Å². The Hall–Kier alpha value is -8.00. The van der Waals surface area contributed by atoms with Gasteiger partial charge in [0.25, 0.3) is 0 Å². The molecule has 1 aromatic heterocycles. The molecule has 0 bridgehead atoms. The van der Waals surface area contributed by atoms with Crippen LogP contribution in [0, 0.1) is 0 Å². The molecule has 0 saturated carbocycles. The Labute approximate surface area is 361 Å². The van der Waals surface area contributed by atoms with Crippen LogP contribution in [-0.2, 0) is 5.41 Å². The highest BCUT2D eigenvalue weighted by atomic mass is 15.0. The van der Waals surface area contributed by atoms with Crippen molar-refractivity contribution in [3.63, 3.8) is 0 Å². The summed E-state index contributed by atoms with van der Waals surface area (Å²) >= 11 is 0. The predicted molar refractivity (Wildman–Crippen MR) is 259 cm³/mol. The zero-order chi connectivity index (χ0) is 40.8. The second kappa shape index (κ2) is 13.5. The maximum absolute atomic E-state index is 2.56. The van der Waals surface area contributed by atoms with Gasteiger partial charge in [-0.25, -0.2) is 0 Å². The molecule has 11 aromatic rings.